The van der Waals surface area contributed by atoms with Gasteiger partial charge in [0.25, 0.3) is 0 Å². The fourth-order valence-electron chi connectivity index (χ4n) is 2.80. The summed E-state index contributed by atoms with van der Waals surface area (Å²) in [5.41, 5.74) is 1.70. The van der Waals surface area contributed by atoms with Gasteiger partial charge in [-0.1, -0.05) is 57.6 Å². The number of allylic oxidation sites excluding steroid dienone is 1. The van der Waals surface area contributed by atoms with Crippen molar-refractivity contribution >= 4 is 0 Å². The van der Waals surface area contributed by atoms with Gasteiger partial charge >= 0.3 is 0 Å². The Morgan fingerprint density at radius 1 is 1.12 bits per heavy atom. The Labute approximate surface area is 108 Å². The largest absolute Gasteiger partial charge is 0.311 e. The Hall–Kier alpha value is -0.300. The Morgan fingerprint density at radius 2 is 1.94 bits per heavy atom. The summed E-state index contributed by atoms with van der Waals surface area (Å²) in [7, 11) is 0. The lowest BCUT2D eigenvalue weighted by molar-refractivity contribution is 0.484. The van der Waals surface area contributed by atoms with Crippen molar-refractivity contribution < 1.29 is 0 Å². The third-order valence-electron chi connectivity index (χ3n) is 3.82. The van der Waals surface area contributed by atoms with Crippen LogP contribution in [0.2, 0.25) is 0 Å². The molecule has 0 aliphatic heterocycles. The molecular formula is C16H31N. The van der Waals surface area contributed by atoms with Crippen molar-refractivity contribution in [2.75, 3.05) is 6.54 Å². The average Bonchev–Trinajstić information content (AvgIpc) is 2.38. The van der Waals surface area contributed by atoms with Crippen LogP contribution in [0.5, 0.6) is 0 Å². The summed E-state index contributed by atoms with van der Waals surface area (Å²) >= 11 is 0. The van der Waals surface area contributed by atoms with Gasteiger partial charge in [-0.15, -0.1) is 0 Å². The van der Waals surface area contributed by atoms with Crippen LogP contribution in [-0.4, -0.2) is 12.6 Å². The van der Waals surface area contributed by atoms with E-state index in [0.29, 0.717) is 6.04 Å². The van der Waals surface area contributed by atoms with Gasteiger partial charge in [-0.2, -0.15) is 0 Å². The van der Waals surface area contributed by atoms with Gasteiger partial charge in [0.2, 0.25) is 0 Å². The molecule has 17 heavy (non-hydrogen) atoms. The van der Waals surface area contributed by atoms with Crippen LogP contribution < -0.4 is 5.32 Å². The van der Waals surface area contributed by atoms with E-state index >= 15 is 0 Å². The van der Waals surface area contributed by atoms with Gasteiger partial charge in [-0.05, 0) is 38.6 Å². The minimum absolute atomic E-state index is 0.682. The van der Waals surface area contributed by atoms with Crippen molar-refractivity contribution in [2.24, 2.45) is 0 Å². The molecule has 1 unspecified atom stereocenters. The van der Waals surface area contributed by atoms with Crippen molar-refractivity contribution in [3.63, 3.8) is 0 Å². The van der Waals surface area contributed by atoms with Crippen LogP contribution in [0.15, 0.2) is 11.6 Å². The number of likely N-dealkylation sites (N-methyl/N-ethyl adjacent to an activating group) is 1. The van der Waals surface area contributed by atoms with E-state index in [-0.39, 0.29) is 0 Å². The first-order chi connectivity index (χ1) is 8.38. The van der Waals surface area contributed by atoms with E-state index in [9.17, 15) is 0 Å². The number of unbranched alkanes of at least 4 members (excludes halogenated alkanes) is 4. The highest BCUT2D eigenvalue weighted by molar-refractivity contribution is 5.13. The van der Waals surface area contributed by atoms with E-state index in [0.717, 1.165) is 6.54 Å². The topological polar surface area (TPSA) is 12.0 Å². The molecule has 1 aliphatic rings. The van der Waals surface area contributed by atoms with E-state index in [1.54, 1.807) is 5.57 Å². The summed E-state index contributed by atoms with van der Waals surface area (Å²) in [5, 5.41) is 3.67. The number of rotatable bonds is 9. The third-order valence-corrected chi connectivity index (χ3v) is 3.82. The molecule has 0 fully saturated rings. The van der Waals surface area contributed by atoms with Crippen molar-refractivity contribution in [3.05, 3.63) is 11.6 Å². The molecule has 1 N–H and O–H groups in total. The molecular weight excluding hydrogens is 206 g/mol. The van der Waals surface area contributed by atoms with Gasteiger partial charge in [0.05, 0.1) is 0 Å². The van der Waals surface area contributed by atoms with Gasteiger partial charge in [0, 0.05) is 6.04 Å². The molecule has 1 atom stereocenters. The second kappa shape index (κ2) is 9.70. The van der Waals surface area contributed by atoms with Crippen LogP contribution in [0.4, 0.5) is 0 Å². The zero-order chi connectivity index (χ0) is 12.3. The first kappa shape index (κ1) is 14.8. The molecule has 1 nitrogen and oxygen atoms in total. The van der Waals surface area contributed by atoms with E-state index in [4.69, 9.17) is 0 Å². The average molecular weight is 237 g/mol. The smallest absolute Gasteiger partial charge is 0.0279 e. The molecule has 0 heterocycles. The highest BCUT2D eigenvalue weighted by Gasteiger charge is 2.14. The maximum Gasteiger partial charge on any atom is 0.0279 e. The Bertz CT molecular complexity index is 208. The Kier molecular flexibility index (Phi) is 8.42. The fraction of sp³-hybridized carbons (Fsp3) is 0.875. The van der Waals surface area contributed by atoms with E-state index < -0.39 is 0 Å². The summed E-state index contributed by atoms with van der Waals surface area (Å²) < 4.78 is 0. The first-order valence-corrected chi connectivity index (χ1v) is 7.80. The molecule has 100 valence electrons. The Morgan fingerprint density at radius 3 is 2.59 bits per heavy atom. The SMILES string of the molecule is CCCCCCCC(NCC)C1=CCCCC1. The summed E-state index contributed by atoms with van der Waals surface area (Å²) in [6.07, 6.45) is 16.3. The maximum atomic E-state index is 3.67. The molecule has 0 aromatic rings. The summed E-state index contributed by atoms with van der Waals surface area (Å²) in [5.74, 6) is 0. The quantitative estimate of drug-likeness (QED) is 0.447. The predicted molar refractivity (Wildman–Crippen MR) is 77.4 cm³/mol. The normalized spacial score (nSPS) is 17.9. The molecule has 0 aromatic carbocycles. The summed E-state index contributed by atoms with van der Waals surface area (Å²) in [4.78, 5) is 0. The second-order valence-electron chi connectivity index (χ2n) is 5.34. The van der Waals surface area contributed by atoms with Crippen LogP contribution in [-0.2, 0) is 0 Å². The van der Waals surface area contributed by atoms with E-state index in [1.807, 2.05) is 0 Å². The van der Waals surface area contributed by atoms with Gasteiger partial charge < -0.3 is 5.32 Å². The molecule has 1 rings (SSSR count). The molecule has 1 aliphatic carbocycles. The Balaban J connectivity index is 2.24. The molecule has 0 bridgehead atoms. The summed E-state index contributed by atoms with van der Waals surface area (Å²) in [6.45, 7) is 5.62. The van der Waals surface area contributed by atoms with Crippen molar-refractivity contribution in [2.45, 2.75) is 84.1 Å². The minimum atomic E-state index is 0.682. The van der Waals surface area contributed by atoms with E-state index in [1.165, 1.54) is 64.2 Å². The number of hydrogen-bond donors (Lipinski definition) is 1. The summed E-state index contributed by atoms with van der Waals surface area (Å²) in [6, 6.07) is 0.682. The molecule has 0 radical (unpaired) electrons. The van der Waals surface area contributed by atoms with Crippen LogP contribution >= 0.6 is 0 Å². The van der Waals surface area contributed by atoms with Gasteiger partial charge in [-0.3, -0.25) is 0 Å². The lowest BCUT2D eigenvalue weighted by Crippen LogP contribution is -2.31. The first-order valence-electron chi connectivity index (χ1n) is 7.80. The molecule has 0 aromatic heterocycles. The van der Waals surface area contributed by atoms with Crippen molar-refractivity contribution in [1.29, 1.82) is 0 Å². The van der Waals surface area contributed by atoms with E-state index in [2.05, 4.69) is 25.2 Å². The predicted octanol–water partition coefficient (Wildman–Crippen LogP) is 4.83. The molecule has 0 spiro atoms. The lowest BCUT2D eigenvalue weighted by Gasteiger charge is -2.24. The highest BCUT2D eigenvalue weighted by atomic mass is 14.9. The standard InChI is InChI=1S/C16H31N/c1-3-5-6-7-11-14-16(17-4-2)15-12-9-8-10-13-15/h12,16-17H,3-11,13-14H2,1-2H3. The number of nitrogens with one attached hydrogen (secondary N) is 1. The molecule has 0 amide bonds. The minimum Gasteiger partial charge on any atom is -0.311 e. The van der Waals surface area contributed by atoms with Crippen molar-refractivity contribution in [3.8, 4) is 0 Å². The monoisotopic (exact) mass is 237 g/mol. The van der Waals surface area contributed by atoms with Gasteiger partial charge in [0.15, 0.2) is 0 Å². The highest BCUT2D eigenvalue weighted by Crippen LogP contribution is 2.23. The number of hydrogen-bond acceptors (Lipinski definition) is 1. The van der Waals surface area contributed by atoms with Crippen LogP contribution in [0.3, 0.4) is 0 Å². The van der Waals surface area contributed by atoms with Gasteiger partial charge in [0.1, 0.15) is 0 Å². The second-order valence-corrected chi connectivity index (χ2v) is 5.34. The molecule has 1 heteroatoms. The zero-order valence-corrected chi connectivity index (χ0v) is 11.9. The van der Waals surface area contributed by atoms with Gasteiger partial charge in [-0.25, -0.2) is 0 Å². The lowest BCUT2D eigenvalue weighted by atomic mass is 9.91. The van der Waals surface area contributed by atoms with Crippen LogP contribution in [0.25, 0.3) is 0 Å². The maximum absolute atomic E-state index is 3.67. The van der Waals surface area contributed by atoms with Crippen LogP contribution in [0.1, 0.15) is 78.1 Å². The molecule has 0 saturated heterocycles. The molecule has 0 saturated carbocycles. The third kappa shape index (κ3) is 6.26. The zero-order valence-electron chi connectivity index (χ0n) is 11.9. The van der Waals surface area contributed by atoms with Crippen LogP contribution in [0, 0.1) is 0 Å². The van der Waals surface area contributed by atoms with Crippen molar-refractivity contribution in [1.82, 2.24) is 5.32 Å². The fourth-order valence-corrected chi connectivity index (χ4v) is 2.80.